The smallest absolute Gasteiger partial charge is 0.142 e. The first kappa shape index (κ1) is 15.8. The Hall–Kier alpha value is -2.12. The van der Waals surface area contributed by atoms with Gasteiger partial charge in [-0.1, -0.05) is 77.8 Å². The minimum absolute atomic E-state index is 0.180. The van der Waals surface area contributed by atoms with E-state index in [4.69, 9.17) is 11.6 Å². The summed E-state index contributed by atoms with van der Waals surface area (Å²) >= 11 is 6.05. The van der Waals surface area contributed by atoms with Crippen LogP contribution in [0.3, 0.4) is 0 Å². The summed E-state index contributed by atoms with van der Waals surface area (Å²) in [7, 11) is 0. The standard InChI is InChI=1S/C21H18ClF/c1-15-5-7-16(8-6-15)9-10-17-11-13-18(14-12-17)19-3-2-4-20(23)21(19)22/h2-8,11-14H,9-10H2,1H3. The van der Waals surface area contributed by atoms with Crippen molar-refractivity contribution < 1.29 is 4.39 Å². The van der Waals surface area contributed by atoms with E-state index in [0.29, 0.717) is 0 Å². The second-order valence-electron chi connectivity index (χ2n) is 5.78. The van der Waals surface area contributed by atoms with Gasteiger partial charge in [0.15, 0.2) is 0 Å². The van der Waals surface area contributed by atoms with E-state index >= 15 is 0 Å². The number of hydrogen-bond donors (Lipinski definition) is 0. The zero-order valence-corrected chi connectivity index (χ0v) is 13.8. The van der Waals surface area contributed by atoms with Crippen molar-refractivity contribution in [3.8, 4) is 11.1 Å². The number of aryl methyl sites for hydroxylation is 3. The second kappa shape index (κ2) is 6.97. The van der Waals surface area contributed by atoms with Gasteiger partial charge in [-0.25, -0.2) is 4.39 Å². The number of halogens is 2. The maximum Gasteiger partial charge on any atom is 0.142 e. The molecule has 0 unspecified atom stereocenters. The van der Waals surface area contributed by atoms with E-state index in [-0.39, 0.29) is 10.8 Å². The fraction of sp³-hybridized carbons (Fsp3) is 0.143. The fourth-order valence-electron chi connectivity index (χ4n) is 2.62. The number of hydrogen-bond acceptors (Lipinski definition) is 0. The van der Waals surface area contributed by atoms with Crippen molar-refractivity contribution in [3.05, 3.63) is 94.3 Å². The van der Waals surface area contributed by atoms with Crippen LogP contribution >= 0.6 is 11.6 Å². The highest BCUT2D eigenvalue weighted by molar-refractivity contribution is 6.33. The van der Waals surface area contributed by atoms with Crippen LogP contribution in [0.25, 0.3) is 11.1 Å². The SMILES string of the molecule is Cc1ccc(CCc2ccc(-c3cccc(F)c3Cl)cc2)cc1. The Labute approximate surface area is 141 Å². The third-order valence-electron chi connectivity index (χ3n) is 4.04. The molecule has 0 nitrogen and oxygen atoms in total. The molecule has 0 saturated carbocycles. The number of benzene rings is 3. The predicted octanol–water partition coefficient (Wildman–Crippen LogP) is 6.24. The van der Waals surface area contributed by atoms with Crippen LogP contribution in [0.15, 0.2) is 66.7 Å². The Balaban J connectivity index is 1.72. The monoisotopic (exact) mass is 324 g/mol. The zero-order valence-electron chi connectivity index (χ0n) is 13.0. The van der Waals surface area contributed by atoms with Crippen molar-refractivity contribution in [2.45, 2.75) is 19.8 Å². The molecule has 0 fully saturated rings. The van der Waals surface area contributed by atoms with Crippen LogP contribution < -0.4 is 0 Å². The molecule has 0 radical (unpaired) electrons. The minimum Gasteiger partial charge on any atom is -0.205 e. The molecule has 0 bridgehead atoms. The average Bonchev–Trinajstić information content (AvgIpc) is 2.57. The topological polar surface area (TPSA) is 0 Å². The molecule has 3 rings (SSSR count). The van der Waals surface area contributed by atoms with Gasteiger partial charge in [0.1, 0.15) is 5.82 Å². The molecule has 2 heteroatoms. The Kier molecular flexibility index (Phi) is 4.78. The number of rotatable bonds is 4. The van der Waals surface area contributed by atoms with Gasteiger partial charge >= 0.3 is 0 Å². The highest BCUT2D eigenvalue weighted by Gasteiger charge is 2.07. The molecule has 116 valence electrons. The lowest BCUT2D eigenvalue weighted by molar-refractivity contribution is 0.629. The summed E-state index contributed by atoms with van der Waals surface area (Å²) < 4.78 is 13.5. The maximum absolute atomic E-state index is 13.5. The molecule has 3 aromatic carbocycles. The van der Waals surface area contributed by atoms with E-state index in [1.807, 2.05) is 18.2 Å². The van der Waals surface area contributed by atoms with Gasteiger partial charge in [0, 0.05) is 5.56 Å². The lowest BCUT2D eigenvalue weighted by Gasteiger charge is -2.07. The first-order valence-electron chi connectivity index (χ1n) is 7.72. The summed E-state index contributed by atoms with van der Waals surface area (Å²) in [6.45, 7) is 2.10. The first-order valence-corrected chi connectivity index (χ1v) is 8.10. The molecule has 0 amide bonds. The summed E-state index contributed by atoms with van der Waals surface area (Å²) in [4.78, 5) is 0. The maximum atomic E-state index is 13.5. The van der Waals surface area contributed by atoms with Crippen LogP contribution in [-0.2, 0) is 12.8 Å². The zero-order chi connectivity index (χ0) is 16.2. The molecule has 0 heterocycles. The van der Waals surface area contributed by atoms with Gasteiger partial charge in [0.2, 0.25) is 0 Å². The third-order valence-corrected chi connectivity index (χ3v) is 4.42. The van der Waals surface area contributed by atoms with Gasteiger partial charge in [-0.05, 0) is 42.5 Å². The van der Waals surface area contributed by atoms with Gasteiger partial charge in [0.05, 0.1) is 5.02 Å². The van der Waals surface area contributed by atoms with Crippen molar-refractivity contribution in [2.24, 2.45) is 0 Å². The molecular formula is C21H18ClF. The van der Waals surface area contributed by atoms with Crippen molar-refractivity contribution in [1.29, 1.82) is 0 Å². The largest absolute Gasteiger partial charge is 0.205 e. The van der Waals surface area contributed by atoms with Gasteiger partial charge < -0.3 is 0 Å². The van der Waals surface area contributed by atoms with Gasteiger partial charge in [-0.2, -0.15) is 0 Å². The summed E-state index contributed by atoms with van der Waals surface area (Å²) in [5.41, 5.74) is 5.56. The van der Waals surface area contributed by atoms with Gasteiger partial charge in [-0.15, -0.1) is 0 Å². The van der Waals surface area contributed by atoms with Crippen molar-refractivity contribution in [2.75, 3.05) is 0 Å². The van der Waals surface area contributed by atoms with Gasteiger partial charge in [-0.3, -0.25) is 0 Å². The molecule has 0 spiro atoms. The lowest BCUT2D eigenvalue weighted by Crippen LogP contribution is -1.92. The van der Waals surface area contributed by atoms with Crippen LogP contribution in [0.1, 0.15) is 16.7 Å². The molecule has 0 aliphatic carbocycles. The Bertz CT molecular complexity index is 789. The summed E-state index contributed by atoms with van der Waals surface area (Å²) in [5, 5.41) is 0.180. The average molecular weight is 325 g/mol. The quantitative estimate of drug-likeness (QED) is 0.533. The molecule has 0 saturated heterocycles. The van der Waals surface area contributed by atoms with Crippen LogP contribution in [0.2, 0.25) is 5.02 Å². The normalized spacial score (nSPS) is 10.7. The van der Waals surface area contributed by atoms with Crippen molar-refractivity contribution >= 4 is 11.6 Å². The van der Waals surface area contributed by atoms with E-state index in [0.717, 1.165) is 24.0 Å². The lowest BCUT2D eigenvalue weighted by atomic mass is 10.00. The molecule has 0 N–H and O–H groups in total. The molecule has 0 atom stereocenters. The molecule has 23 heavy (non-hydrogen) atoms. The molecule has 0 aliphatic heterocycles. The Morgan fingerprint density at radius 2 is 1.35 bits per heavy atom. The Morgan fingerprint density at radius 3 is 1.96 bits per heavy atom. The van der Waals surface area contributed by atoms with E-state index in [2.05, 4.69) is 43.3 Å². The van der Waals surface area contributed by atoms with Crippen molar-refractivity contribution in [3.63, 3.8) is 0 Å². The molecule has 0 aliphatic rings. The Morgan fingerprint density at radius 1 is 0.783 bits per heavy atom. The molecule has 0 aromatic heterocycles. The van der Waals surface area contributed by atoms with E-state index in [1.54, 1.807) is 6.07 Å². The van der Waals surface area contributed by atoms with Crippen molar-refractivity contribution in [1.82, 2.24) is 0 Å². The fourth-order valence-corrected chi connectivity index (χ4v) is 2.86. The van der Waals surface area contributed by atoms with Crippen LogP contribution in [-0.4, -0.2) is 0 Å². The minimum atomic E-state index is -0.382. The van der Waals surface area contributed by atoms with E-state index in [9.17, 15) is 4.39 Å². The van der Waals surface area contributed by atoms with Crippen LogP contribution in [0.5, 0.6) is 0 Å². The molecular weight excluding hydrogens is 307 g/mol. The molecule has 3 aromatic rings. The second-order valence-corrected chi connectivity index (χ2v) is 6.16. The van der Waals surface area contributed by atoms with Gasteiger partial charge in [0.25, 0.3) is 0 Å². The first-order chi connectivity index (χ1) is 11.1. The van der Waals surface area contributed by atoms with E-state index in [1.165, 1.54) is 22.8 Å². The van der Waals surface area contributed by atoms with E-state index < -0.39 is 0 Å². The summed E-state index contributed by atoms with van der Waals surface area (Å²) in [6.07, 6.45) is 2.00. The predicted molar refractivity (Wildman–Crippen MR) is 95.4 cm³/mol. The highest BCUT2D eigenvalue weighted by Crippen LogP contribution is 2.30. The summed E-state index contributed by atoms with van der Waals surface area (Å²) in [5.74, 6) is -0.382. The van der Waals surface area contributed by atoms with Crippen LogP contribution in [0.4, 0.5) is 4.39 Å². The van der Waals surface area contributed by atoms with Crippen LogP contribution in [0, 0.1) is 12.7 Å². The summed E-state index contributed by atoms with van der Waals surface area (Å²) in [6, 6.07) is 21.7. The highest BCUT2D eigenvalue weighted by atomic mass is 35.5. The third kappa shape index (κ3) is 3.80.